The monoisotopic (exact) mass is 305 g/mol. The van der Waals surface area contributed by atoms with Crippen molar-refractivity contribution in [1.29, 1.82) is 0 Å². The fourth-order valence-corrected chi connectivity index (χ4v) is 2.45. The minimum absolute atomic E-state index is 0.187. The number of hydrogen-bond acceptors (Lipinski definition) is 2. The van der Waals surface area contributed by atoms with E-state index >= 15 is 0 Å². The molecule has 1 aromatic carbocycles. The van der Waals surface area contributed by atoms with Crippen LogP contribution in [0.3, 0.4) is 0 Å². The first-order valence-electron chi connectivity index (χ1n) is 5.37. The molecule has 90 valence electrons. The topological polar surface area (TPSA) is 12.0 Å². The fourth-order valence-electron chi connectivity index (χ4n) is 1.44. The highest BCUT2D eigenvalue weighted by molar-refractivity contribution is 9.10. The summed E-state index contributed by atoms with van der Waals surface area (Å²) >= 11 is 5.16. The summed E-state index contributed by atoms with van der Waals surface area (Å²) in [4.78, 5) is 0. The molecule has 16 heavy (non-hydrogen) atoms. The maximum atomic E-state index is 13.0. The van der Waals surface area contributed by atoms with Gasteiger partial charge in [-0.1, -0.05) is 15.9 Å². The van der Waals surface area contributed by atoms with Crippen molar-refractivity contribution in [2.75, 3.05) is 18.6 Å². The van der Waals surface area contributed by atoms with E-state index < -0.39 is 0 Å². The van der Waals surface area contributed by atoms with Gasteiger partial charge in [-0.25, -0.2) is 4.39 Å². The molecule has 0 saturated carbocycles. The zero-order valence-corrected chi connectivity index (χ0v) is 11.8. The number of rotatable bonds is 7. The molecule has 0 aliphatic carbocycles. The SMILES string of the molecule is CSCCCCNCc1cc(F)cc(Br)c1. The van der Waals surface area contributed by atoms with Crippen molar-refractivity contribution in [2.24, 2.45) is 0 Å². The molecule has 0 bridgehead atoms. The number of thioether (sulfide) groups is 1. The van der Waals surface area contributed by atoms with Crippen LogP contribution < -0.4 is 5.32 Å². The molecule has 0 spiro atoms. The first-order chi connectivity index (χ1) is 7.72. The Morgan fingerprint density at radius 2 is 2.12 bits per heavy atom. The van der Waals surface area contributed by atoms with Crippen LogP contribution in [0.25, 0.3) is 0 Å². The molecular weight excluding hydrogens is 289 g/mol. The van der Waals surface area contributed by atoms with Crippen molar-refractivity contribution in [3.8, 4) is 0 Å². The number of nitrogens with one attached hydrogen (secondary N) is 1. The lowest BCUT2D eigenvalue weighted by Gasteiger charge is -2.05. The minimum Gasteiger partial charge on any atom is -0.313 e. The lowest BCUT2D eigenvalue weighted by molar-refractivity contribution is 0.614. The molecule has 4 heteroatoms. The van der Waals surface area contributed by atoms with E-state index in [0.29, 0.717) is 0 Å². The molecule has 0 aliphatic heterocycles. The highest BCUT2D eigenvalue weighted by atomic mass is 79.9. The number of unbranched alkanes of at least 4 members (excludes halogenated alkanes) is 1. The quantitative estimate of drug-likeness (QED) is 0.769. The van der Waals surface area contributed by atoms with Crippen molar-refractivity contribution in [2.45, 2.75) is 19.4 Å². The maximum Gasteiger partial charge on any atom is 0.124 e. The van der Waals surface area contributed by atoms with Crippen molar-refractivity contribution in [1.82, 2.24) is 5.32 Å². The summed E-state index contributed by atoms with van der Waals surface area (Å²) in [5, 5.41) is 3.32. The Bertz CT molecular complexity index is 300. The molecule has 0 unspecified atom stereocenters. The van der Waals surface area contributed by atoms with E-state index in [1.54, 1.807) is 6.07 Å². The highest BCUT2D eigenvalue weighted by Crippen LogP contribution is 2.14. The average molecular weight is 306 g/mol. The van der Waals surface area contributed by atoms with Crippen LogP contribution in [-0.4, -0.2) is 18.6 Å². The smallest absolute Gasteiger partial charge is 0.124 e. The standard InChI is InChI=1S/C12H17BrFNS/c1-16-5-3-2-4-15-9-10-6-11(13)8-12(14)7-10/h6-8,15H,2-5,9H2,1H3. The summed E-state index contributed by atoms with van der Waals surface area (Å²) in [6.45, 7) is 1.73. The van der Waals surface area contributed by atoms with E-state index in [-0.39, 0.29) is 5.82 Å². The molecule has 0 radical (unpaired) electrons. The van der Waals surface area contributed by atoms with Crippen molar-refractivity contribution in [3.05, 3.63) is 34.1 Å². The Hall–Kier alpha value is -0.0600. The lowest BCUT2D eigenvalue weighted by Crippen LogP contribution is -2.14. The maximum absolute atomic E-state index is 13.0. The van der Waals surface area contributed by atoms with Crippen LogP contribution >= 0.6 is 27.7 Å². The van der Waals surface area contributed by atoms with Gasteiger partial charge in [0, 0.05) is 11.0 Å². The van der Waals surface area contributed by atoms with Gasteiger partial charge < -0.3 is 5.32 Å². The predicted molar refractivity (Wildman–Crippen MR) is 73.4 cm³/mol. The molecular formula is C12H17BrFNS. The first-order valence-corrected chi connectivity index (χ1v) is 7.55. The van der Waals surface area contributed by atoms with Crippen LogP contribution in [0.15, 0.2) is 22.7 Å². The molecule has 0 fully saturated rings. The molecule has 0 amide bonds. The van der Waals surface area contributed by atoms with Crippen LogP contribution in [0.4, 0.5) is 4.39 Å². The molecule has 1 nitrogen and oxygen atoms in total. The van der Waals surface area contributed by atoms with E-state index in [4.69, 9.17) is 0 Å². The van der Waals surface area contributed by atoms with Gasteiger partial charge in [0.15, 0.2) is 0 Å². The molecule has 0 aromatic heterocycles. The van der Waals surface area contributed by atoms with Crippen LogP contribution in [0.1, 0.15) is 18.4 Å². The Morgan fingerprint density at radius 3 is 2.81 bits per heavy atom. The van der Waals surface area contributed by atoms with E-state index in [2.05, 4.69) is 27.5 Å². The van der Waals surface area contributed by atoms with Gasteiger partial charge in [0.25, 0.3) is 0 Å². The van der Waals surface area contributed by atoms with Crippen molar-refractivity contribution in [3.63, 3.8) is 0 Å². The van der Waals surface area contributed by atoms with E-state index in [1.807, 2.05) is 17.8 Å². The summed E-state index contributed by atoms with van der Waals surface area (Å²) < 4.78 is 13.8. The summed E-state index contributed by atoms with van der Waals surface area (Å²) in [5.41, 5.74) is 0.983. The molecule has 0 saturated heterocycles. The third-order valence-electron chi connectivity index (χ3n) is 2.20. The fraction of sp³-hybridized carbons (Fsp3) is 0.500. The number of halogens is 2. The number of benzene rings is 1. The Kier molecular flexibility index (Phi) is 7.08. The van der Waals surface area contributed by atoms with Crippen molar-refractivity contribution < 1.29 is 4.39 Å². The predicted octanol–water partition coefficient (Wildman–Crippen LogP) is 3.82. The lowest BCUT2D eigenvalue weighted by atomic mass is 10.2. The van der Waals surface area contributed by atoms with Crippen LogP contribution in [-0.2, 0) is 6.54 Å². The van der Waals surface area contributed by atoms with Gasteiger partial charge in [-0.3, -0.25) is 0 Å². The zero-order chi connectivity index (χ0) is 11.8. The third-order valence-corrected chi connectivity index (χ3v) is 3.36. The summed E-state index contributed by atoms with van der Waals surface area (Å²) in [6.07, 6.45) is 4.54. The van der Waals surface area contributed by atoms with Crippen LogP contribution in [0.2, 0.25) is 0 Å². The summed E-state index contributed by atoms with van der Waals surface area (Å²) in [6, 6.07) is 4.99. The zero-order valence-electron chi connectivity index (χ0n) is 9.43. The highest BCUT2D eigenvalue weighted by Gasteiger charge is 1.98. The van der Waals surface area contributed by atoms with Gasteiger partial charge in [0.05, 0.1) is 0 Å². The third kappa shape index (κ3) is 5.87. The molecule has 0 aliphatic rings. The van der Waals surface area contributed by atoms with Gasteiger partial charge >= 0.3 is 0 Å². The van der Waals surface area contributed by atoms with Crippen LogP contribution in [0, 0.1) is 5.82 Å². The van der Waals surface area contributed by atoms with Gasteiger partial charge in [-0.05, 0) is 55.2 Å². The molecule has 0 heterocycles. The first kappa shape index (κ1) is 14.0. The second kappa shape index (κ2) is 8.09. The largest absolute Gasteiger partial charge is 0.313 e. The second-order valence-corrected chi connectivity index (χ2v) is 5.56. The molecule has 1 N–H and O–H groups in total. The van der Waals surface area contributed by atoms with Gasteiger partial charge in [0.1, 0.15) is 5.82 Å². The number of hydrogen-bond donors (Lipinski definition) is 1. The molecule has 0 atom stereocenters. The van der Waals surface area contributed by atoms with Gasteiger partial charge in [-0.2, -0.15) is 11.8 Å². The Balaban J connectivity index is 2.21. The van der Waals surface area contributed by atoms with Crippen LogP contribution in [0.5, 0.6) is 0 Å². The van der Waals surface area contributed by atoms with Crippen molar-refractivity contribution >= 4 is 27.7 Å². The van der Waals surface area contributed by atoms with Gasteiger partial charge in [-0.15, -0.1) is 0 Å². The molecule has 1 aromatic rings. The van der Waals surface area contributed by atoms with E-state index in [9.17, 15) is 4.39 Å². The molecule has 1 rings (SSSR count). The normalized spacial score (nSPS) is 10.7. The Morgan fingerprint density at radius 1 is 1.31 bits per heavy atom. The summed E-state index contributed by atoms with van der Waals surface area (Å²) in [5.74, 6) is 1.03. The second-order valence-electron chi connectivity index (χ2n) is 3.65. The minimum atomic E-state index is -0.187. The summed E-state index contributed by atoms with van der Waals surface area (Å²) in [7, 11) is 0. The van der Waals surface area contributed by atoms with E-state index in [1.165, 1.54) is 24.7 Å². The Labute approximate surface area is 109 Å². The average Bonchev–Trinajstić information content (AvgIpc) is 2.22. The van der Waals surface area contributed by atoms with Gasteiger partial charge in [0.2, 0.25) is 0 Å². The van der Waals surface area contributed by atoms with E-state index in [0.717, 1.165) is 23.1 Å².